The molecule has 0 aliphatic carbocycles. The lowest BCUT2D eigenvalue weighted by Crippen LogP contribution is -2.30. The van der Waals surface area contributed by atoms with Gasteiger partial charge in [-0.15, -0.1) is 0 Å². The predicted octanol–water partition coefficient (Wildman–Crippen LogP) is 1.40. The average molecular weight is 261 g/mol. The van der Waals surface area contributed by atoms with E-state index in [1.54, 1.807) is 0 Å². The molecule has 1 fully saturated rings. The van der Waals surface area contributed by atoms with Crippen LogP contribution in [0.4, 0.5) is 0 Å². The smallest absolute Gasteiger partial charge is 0.402 e. The highest BCUT2D eigenvalue weighted by molar-refractivity contribution is 6.56. The molecular weight excluding hydrogens is 241 g/mol. The molecule has 2 aliphatic heterocycles. The first-order valence-corrected chi connectivity index (χ1v) is 6.46. The van der Waals surface area contributed by atoms with Crippen molar-refractivity contribution in [2.45, 2.75) is 19.1 Å². The van der Waals surface area contributed by atoms with E-state index in [0.29, 0.717) is 19.8 Å². The molecular formula is C14H20BNO3. The lowest BCUT2D eigenvalue weighted by atomic mass is 9.77. The van der Waals surface area contributed by atoms with E-state index in [9.17, 15) is 0 Å². The van der Waals surface area contributed by atoms with Gasteiger partial charge in [0.25, 0.3) is 0 Å². The zero-order chi connectivity index (χ0) is 13.8. The van der Waals surface area contributed by atoms with Crippen molar-refractivity contribution in [2.24, 2.45) is 5.73 Å². The van der Waals surface area contributed by atoms with Crippen LogP contribution in [0, 0.1) is 0 Å². The van der Waals surface area contributed by atoms with Crippen molar-refractivity contribution in [3.8, 4) is 0 Å². The summed E-state index contributed by atoms with van der Waals surface area (Å²) in [7, 11) is -0.449. The highest BCUT2D eigenvalue weighted by atomic mass is 16.6. The summed E-state index contributed by atoms with van der Waals surface area (Å²) >= 11 is 0. The van der Waals surface area contributed by atoms with E-state index >= 15 is 0 Å². The molecule has 2 heterocycles. The zero-order valence-electron chi connectivity index (χ0n) is 11.3. The maximum Gasteiger partial charge on any atom is 0.494 e. The summed E-state index contributed by atoms with van der Waals surface area (Å²) in [4.78, 5) is 0. The summed E-state index contributed by atoms with van der Waals surface area (Å²) in [5.74, 6) is 0. The molecule has 102 valence electrons. The third-order valence-electron chi connectivity index (χ3n) is 3.10. The number of hydrogen-bond donors (Lipinski definition) is 1. The zero-order valence-corrected chi connectivity index (χ0v) is 11.3. The summed E-state index contributed by atoms with van der Waals surface area (Å²) < 4.78 is 17.1. The lowest BCUT2D eigenvalue weighted by molar-refractivity contribution is 0.0554. The summed E-state index contributed by atoms with van der Waals surface area (Å²) in [5.41, 5.74) is 8.40. The Morgan fingerprint density at radius 3 is 2.95 bits per heavy atom. The Hall–Kier alpha value is -1.14. The van der Waals surface area contributed by atoms with Gasteiger partial charge in [-0.1, -0.05) is 31.4 Å². The second-order valence-corrected chi connectivity index (χ2v) is 4.78. The number of fused-ring (bicyclic) bond motifs is 2. The standard InChI is InChI=1S/C14H20BNO3/c1-10-5-4-6-17-9-11(2)18-15-12(3)13(7-10)14(8-16)19-15/h4-5,7,11,14H,1,3,6,8-9,16H2,2H3/b5-4?,13-7+. The van der Waals surface area contributed by atoms with Gasteiger partial charge < -0.3 is 19.8 Å². The topological polar surface area (TPSA) is 53.7 Å². The quantitative estimate of drug-likeness (QED) is 0.725. The molecule has 2 aliphatic rings. The minimum atomic E-state index is -0.449. The Labute approximate surface area is 114 Å². The first-order valence-electron chi connectivity index (χ1n) is 6.46. The predicted molar refractivity (Wildman–Crippen MR) is 76.6 cm³/mol. The molecule has 19 heavy (non-hydrogen) atoms. The van der Waals surface area contributed by atoms with Gasteiger partial charge in [0, 0.05) is 6.54 Å². The molecule has 2 atom stereocenters. The van der Waals surface area contributed by atoms with Crippen LogP contribution in [-0.2, 0) is 14.0 Å². The first kappa shape index (κ1) is 14.3. The Balaban J connectivity index is 2.27. The minimum absolute atomic E-state index is 0.0597. The van der Waals surface area contributed by atoms with Crippen LogP contribution in [0.1, 0.15) is 6.92 Å². The van der Waals surface area contributed by atoms with Crippen LogP contribution in [-0.4, -0.2) is 39.1 Å². The molecule has 5 heteroatoms. The summed E-state index contributed by atoms with van der Waals surface area (Å²) in [6, 6.07) is 0. The Bertz CT molecular complexity index is 430. The van der Waals surface area contributed by atoms with E-state index in [1.807, 2.05) is 25.2 Å². The fraction of sp³-hybridized carbons (Fsp3) is 0.429. The van der Waals surface area contributed by atoms with Crippen LogP contribution in [0.25, 0.3) is 0 Å². The van der Waals surface area contributed by atoms with Gasteiger partial charge >= 0.3 is 7.12 Å². The molecule has 0 amide bonds. The number of ether oxygens (including phenoxy) is 1. The minimum Gasteiger partial charge on any atom is -0.402 e. The summed E-state index contributed by atoms with van der Waals surface area (Å²) in [6.45, 7) is 11.4. The third kappa shape index (κ3) is 3.45. The van der Waals surface area contributed by atoms with Gasteiger partial charge in [0.15, 0.2) is 0 Å². The van der Waals surface area contributed by atoms with Crippen LogP contribution in [0.2, 0.25) is 0 Å². The number of nitrogens with two attached hydrogens (primary N) is 1. The van der Waals surface area contributed by atoms with Crippen molar-refractivity contribution in [1.29, 1.82) is 0 Å². The molecule has 0 aromatic rings. The van der Waals surface area contributed by atoms with Crippen molar-refractivity contribution >= 4 is 7.12 Å². The Morgan fingerprint density at radius 1 is 1.42 bits per heavy atom. The van der Waals surface area contributed by atoms with Crippen molar-refractivity contribution in [1.82, 2.24) is 0 Å². The van der Waals surface area contributed by atoms with E-state index in [0.717, 1.165) is 16.6 Å². The van der Waals surface area contributed by atoms with Gasteiger partial charge in [-0.3, -0.25) is 0 Å². The lowest BCUT2D eigenvalue weighted by Gasteiger charge is -2.16. The third-order valence-corrected chi connectivity index (χ3v) is 3.10. The molecule has 0 aromatic carbocycles. The highest BCUT2D eigenvalue weighted by Crippen LogP contribution is 2.30. The molecule has 0 saturated carbocycles. The molecule has 2 bridgehead atoms. The van der Waals surface area contributed by atoms with Crippen LogP contribution >= 0.6 is 0 Å². The van der Waals surface area contributed by atoms with Crippen molar-refractivity contribution in [3.05, 3.63) is 48.0 Å². The maximum atomic E-state index is 5.80. The van der Waals surface area contributed by atoms with Gasteiger partial charge in [-0.2, -0.15) is 0 Å². The van der Waals surface area contributed by atoms with Crippen molar-refractivity contribution < 1.29 is 14.0 Å². The summed E-state index contributed by atoms with van der Waals surface area (Å²) in [5, 5.41) is 0. The maximum absolute atomic E-state index is 5.80. The fourth-order valence-electron chi connectivity index (χ4n) is 2.13. The molecule has 2 rings (SSSR count). The van der Waals surface area contributed by atoms with Gasteiger partial charge in [0.2, 0.25) is 0 Å². The number of hydrogen-bond acceptors (Lipinski definition) is 4. The van der Waals surface area contributed by atoms with Crippen LogP contribution in [0.3, 0.4) is 0 Å². The molecule has 0 aromatic heterocycles. The van der Waals surface area contributed by atoms with E-state index in [4.69, 9.17) is 19.8 Å². The Morgan fingerprint density at radius 2 is 2.21 bits per heavy atom. The molecule has 2 N–H and O–H groups in total. The van der Waals surface area contributed by atoms with Crippen LogP contribution < -0.4 is 5.73 Å². The van der Waals surface area contributed by atoms with E-state index < -0.39 is 7.12 Å². The second-order valence-electron chi connectivity index (χ2n) is 4.78. The summed E-state index contributed by atoms with van der Waals surface area (Å²) in [6.07, 6.45) is 5.56. The van der Waals surface area contributed by atoms with Crippen LogP contribution in [0.15, 0.2) is 48.0 Å². The molecule has 1 saturated heterocycles. The average Bonchev–Trinajstić information content (AvgIpc) is 2.66. The van der Waals surface area contributed by atoms with Gasteiger partial charge in [-0.05, 0) is 23.5 Å². The monoisotopic (exact) mass is 261 g/mol. The normalized spacial score (nSPS) is 31.7. The van der Waals surface area contributed by atoms with Gasteiger partial charge in [0.1, 0.15) is 0 Å². The second kappa shape index (κ2) is 6.35. The molecule has 4 nitrogen and oxygen atoms in total. The van der Waals surface area contributed by atoms with Crippen molar-refractivity contribution in [3.63, 3.8) is 0 Å². The molecule has 0 spiro atoms. The number of allylic oxidation sites excluding steroid dienone is 3. The van der Waals surface area contributed by atoms with Crippen LogP contribution in [0.5, 0.6) is 0 Å². The molecule has 2 unspecified atom stereocenters. The first-order chi connectivity index (χ1) is 9.11. The SMILES string of the molecule is C=C1C=CCOCC(C)OB2OC(CN)/C(=C/1)C2=C. The van der Waals surface area contributed by atoms with Gasteiger partial charge in [0.05, 0.1) is 25.4 Å². The van der Waals surface area contributed by atoms with Gasteiger partial charge in [-0.25, -0.2) is 0 Å². The molecule has 0 radical (unpaired) electrons. The fourth-order valence-corrected chi connectivity index (χ4v) is 2.13. The van der Waals surface area contributed by atoms with E-state index in [-0.39, 0.29) is 12.2 Å². The largest absolute Gasteiger partial charge is 0.494 e. The Kier molecular flexibility index (Phi) is 4.77. The van der Waals surface area contributed by atoms with E-state index in [2.05, 4.69) is 13.2 Å². The number of rotatable bonds is 1. The van der Waals surface area contributed by atoms with Crippen molar-refractivity contribution in [2.75, 3.05) is 19.8 Å². The highest BCUT2D eigenvalue weighted by Gasteiger charge is 2.39. The van der Waals surface area contributed by atoms with E-state index in [1.165, 1.54) is 0 Å².